The lowest BCUT2D eigenvalue weighted by molar-refractivity contribution is 0.0726. The molecule has 0 aliphatic carbocycles. The van der Waals surface area contributed by atoms with E-state index in [4.69, 9.17) is 9.47 Å². The van der Waals surface area contributed by atoms with Crippen LogP contribution in [-0.4, -0.2) is 17.7 Å². The van der Waals surface area contributed by atoms with E-state index in [9.17, 15) is 18.7 Å². The monoisotopic (exact) mass is 564 g/mol. The van der Waals surface area contributed by atoms with Gasteiger partial charge in [-0.2, -0.15) is 8.78 Å². The molecule has 0 aliphatic heterocycles. The molecule has 0 heterocycles. The van der Waals surface area contributed by atoms with Crippen molar-refractivity contribution in [3.8, 4) is 33.8 Å². The van der Waals surface area contributed by atoms with Gasteiger partial charge in [0.15, 0.2) is 23.1 Å². The summed E-state index contributed by atoms with van der Waals surface area (Å²) in [4.78, 5) is 12.5. The number of aliphatic hydroxyl groups is 1. The summed E-state index contributed by atoms with van der Waals surface area (Å²) in [6, 6.07) is 17.2. The fourth-order valence-corrected chi connectivity index (χ4v) is 4.22. The quantitative estimate of drug-likeness (QED) is 0.0652. The van der Waals surface area contributed by atoms with E-state index < -0.39 is 41.1 Å². The molecule has 1 atom stereocenters. The number of benzene rings is 4. The van der Waals surface area contributed by atoms with Crippen LogP contribution in [0.5, 0.6) is 11.5 Å². The summed E-state index contributed by atoms with van der Waals surface area (Å²) in [5, 5.41) is 10.1. The average Bonchev–Trinajstić information content (AvgIpc) is 2.98. The van der Waals surface area contributed by atoms with Crippen molar-refractivity contribution in [3.05, 3.63) is 120 Å². The number of hydrogen-bond donors (Lipinski definition) is 1. The van der Waals surface area contributed by atoms with E-state index in [1.165, 1.54) is 36.4 Å². The summed E-state index contributed by atoms with van der Waals surface area (Å²) in [7, 11) is 0. The first-order valence-electron chi connectivity index (χ1n) is 13.1. The third-order valence-corrected chi connectivity index (χ3v) is 6.48. The van der Waals surface area contributed by atoms with Gasteiger partial charge in [-0.25, -0.2) is 13.6 Å². The highest BCUT2D eigenvalue weighted by Crippen LogP contribution is 2.33. The summed E-state index contributed by atoms with van der Waals surface area (Å²) >= 11 is 0. The predicted octanol–water partition coefficient (Wildman–Crippen LogP) is 8.58. The Hall–Kier alpha value is -4.43. The van der Waals surface area contributed by atoms with Gasteiger partial charge in [0.1, 0.15) is 0 Å². The molecule has 0 amide bonds. The van der Waals surface area contributed by atoms with Gasteiger partial charge < -0.3 is 14.6 Å². The SMILES string of the molecule is C=CCCOc1ccc(OC(=O)c2ccc(-c3ccc(-c4ccc(C(O)CCC)cc4)c(F)c3F)cc2)c(F)c1F. The van der Waals surface area contributed by atoms with Gasteiger partial charge in [-0.15, -0.1) is 6.58 Å². The molecule has 4 aromatic rings. The van der Waals surface area contributed by atoms with Crippen LogP contribution in [0.15, 0.2) is 85.5 Å². The molecule has 1 unspecified atom stereocenters. The zero-order valence-corrected chi connectivity index (χ0v) is 22.3. The van der Waals surface area contributed by atoms with E-state index in [-0.39, 0.29) is 29.0 Å². The number of aliphatic hydroxyl groups excluding tert-OH is 1. The highest BCUT2D eigenvalue weighted by Gasteiger charge is 2.20. The van der Waals surface area contributed by atoms with Gasteiger partial charge in [-0.3, -0.25) is 0 Å². The molecule has 41 heavy (non-hydrogen) atoms. The van der Waals surface area contributed by atoms with Gasteiger partial charge in [0, 0.05) is 11.1 Å². The maximum atomic E-state index is 15.1. The second-order valence-corrected chi connectivity index (χ2v) is 9.30. The molecule has 0 aromatic heterocycles. The molecule has 4 rings (SSSR count). The van der Waals surface area contributed by atoms with Crippen LogP contribution >= 0.6 is 0 Å². The van der Waals surface area contributed by atoms with Crippen LogP contribution in [0.25, 0.3) is 22.3 Å². The summed E-state index contributed by atoms with van der Waals surface area (Å²) in [6.45, 7) is 5.59. The Morgan fingerprint density at radius 3 is 1.90 bits per heavy atom. The van der Waals surface area contributed by atoms with Gasteiger partial charge in [0.25, 0.3) is 0 Å². The van der Waals surface area contributed by atoms with Crippen molar-refractivity contribution >= 4 is 5.97 Å². The number of carbonyl (C=O) groups excluding carboxylic acids is 1. The zero-order chi connectivity index (χ0) is 29.5. The lowest BCUT2D eigenvalue weighted by Crippen LogP contribution is -2.10. The number of carbonyl (C=O) groups is 1. The van der Waals surface area contributed by atoms with E-state index in [2.05, 4.69) is 6.58 Å². The van der Waals surface area contributed by atoms with Crippen LogP contribution in [0.4, 0.5) is 17.6 Å². The van der Waals surface area contributed by atoms with Crippen LogP contribution in [0.1, 0.15) is 48.2 Å². The minimum absolute atomic E-state index is 0.0114. The smallest absolute Gasteiger partial charge is 0.343 e. The van der Waals surface area contributed by atoms with Gasteiger partial charge in [0.05, 0.1) is 18.3 Å². The Kier molecular flexibility index (Phi) is 9.57. The van der Waals surface area contributed by atoms with Crippen LogP contribution in [0, 0.1) is 23.3 Å². The van der Waals surface area contributed by atoms with Crippen LogP contribution in [0.3, 0.4) is 0 Å². The van der Waals surface area contributed by atoms with Crippen LogP contribution in [-0.2, 0) is 0 Å². The van der Waals surface area contributed by atoms with Crippen LogP contribution < -0.4 is 9.47 Å². The normalized spacial score (nSPS) is 11.7. The molecule has 0 saturated heterocycles. The van der Waals surface area contributed by atoms with E-state index in [1.54, 1.807) is 30.3 Å². The van der Waals surface area contributed by atoms with Gasteiger partial charge in [-0.1, -0.05) is 68.0 Å². The predicted molar refractivity (Wildman–Crippen MR) is 149 cm³/mol. The molecule has 0 bridgehead atoms. The third kappa shape index (κ3) is 6.66. The molecule has 4 aromatic carbocycles. The first-order valence-corrected chi connectivity index (χ1v) is 13.1. The van der Waals surface area contributed by atoms with Gasteiger partial charge >= 0.3 is 5.97 Å². The van der Waals surface area contributed by atoms with Crippen molar-refractivity contribution in [3.63, 3.8) is 0 Å². The maximum Gasteiger partial charge on any atom is 0.343 e. The van der Waals surface area contributed by atoms with Crippen molar-refractivity contribution in [2.24, 2.45) is 0 Å². The minimum atomic E-state index is -1.38. The van der Waals surface area contributed by atoms with E-state index in [0.29, 0.717) is 29.5 Å². The van der Waals surface area contributed by atoms with Crippen molar-refractivity contribution in [2.45, 2.75) is 32.3 Å². The maximum absolute atomic E-state index is 15.1. The molecule has 0 saturated carbocycles. The highest BCUT2D eigenvalue weighted by molar-refractivity contribution is 5.91. The molecular formula is C33H28F4O4. The Balaban J connectivity index is 1.49. The van der Waals surface area contributed by atoms with Crippen molar-refractivity contribution in [1.82, 2.24) is 0 Å². The lowest BCUT2D eigenvalue weighted by Gasteiger charge is -2.12. The number of rotatable bonds is 11. The van der Waals surface area contributed by atoms with Gasteiger partial charge in [-0.05, 0) is 53.8 Å². The summed E-state index contributed by atoms with van der Waals surface area (Å²) in [6.07, 6.45) is 2.80. The Morgan fingerprint density at radius 2 is 1.34 bits per heavy atom. The summed E-state index contributed by atoms with van der Waals surface area (Å²) < 4.78 is 69.0. The van der Waals surface area contributed by atoms with Crippen molar-refractivity contribution in [1.29, 1.82) is 0 Å². The Morgan fingerprint density at radius 1 is 0.805 bits per heavy atom. The Bertz CT molecular complexity index is 1530. The van der Waals surface area contributed by atoms with Crippen LogP contribution in [0.2, 0.25) is 0 Å². The average molecular weight is 565 g/mol. The number of halogens is 4. The fraction of sp³-hybridized carbons (Fsp3) is 0.182. The number of ether oxygens (including phenoxy) is 2. The molecule has 0 fully saturated rings. The molecule has 0 radical (unpaired) electrons. The molecular weight excluding hydrogens is 536 g/mol. The second kappa shape index (κ2) is 13.3. The topological polar surface area (TPSA) is 55.8 Å². The summed E-state index contributed by atoms with van der Waals surface area (Å²) in [5.74, 6) is -6.69. The number of esters is 1. The molecule has 212 valence electrons. The third-order valence-electron chi connectivity index (χ3n) is 6.48. The first kappa shape index (κ1) is 29.6. The number of hydrogen-bond acceptors (Lipinski definition) is 4. The molecule has 0 spiro atoms. The first-order chi connectivity index (χ1) is 19.7. The molecule has 8 heteroatoms. The van der Waals surface area contributed by atoms with E-state index >= 15 is 8.78 Å². The Labute approximate surface area is 235 Å². The molecule has 4 nitrogen and oxygen atoms in total. The largest absolute Gasteiger partial charge is 0.490 e. The minimum Gasteiger partial charge on any atom is -0.490 e. The standard InChI is InChI=1S/C33H28F4O4/c1-3-5-19-40-27-17-18-28(32(37)31(27)36)41-33(39)23-13-9-21(10-14-23)25-16-15-24(29(34)30(25)35)20-7-11-22(12-8-20)26(38)6-4-2/h3,7-18,26,38H,1,4-6,19H2,2H3. The fourth-order valence-electron chi connectivity index (χ4n) is 4.22. The molecule has 1 N–H and O–H groups in total. The highest BCUT2D eigenvalue weighted by atomic mass is 19.2. The van der Waals surface area contributed by atoms with E-state index in [0.717, 1.165) is 18.6 Å². The van der Waals surface area contributed by atoms with Gasteiger partial charge in [0.2, 0.25) is 11.6 Å². The van der Waals surface area contributed by atoms with Crippen molar-refractivity contribution < 1.29 is 36.9 Å². The molecule has 0 aliphatic rings. The second-order valence-electron chi connectivity index (χ2n) is 9.30. The van der Waals surface area contributed by atoms with E-state index in [1.807, 2.05) is 6.92 Å². The van der Waals surface area contributed by atoms with Crippen molar-refractivity contribution in [2.75, 3.05) is 6.61 Å². The lowest BCUT2D eigenvalue weighted by atomic mass is 9.96. The summed E-state index contributed by atoms with van der Waals surface area (Å²) in [5.41, 5.74) is 1.47. The zero-order valence-electron chi connectivity index (χ0n) is 22.3.